The Morgan fingerprint density at radius 2 is 1.94 bits per heavy atom. The number of halogens is 1. The molecule has 3 heterocycles. The number of benzene rings is 1. The molecule has 0 bridgehead atoms. The molecule has 5 rings (SSSR count). The summed E-state index contributed by atoms with van der Waals surface area (Å²) in [5.74, 6) is 0.254. The molecule has 1 aliphatic carbocycles. The molecule has 1 atom stereocenters. The van der Waals surface area contributed by atoms with Crippen LogP contribution in [0.3, 0.4) is 0 Å². The quantitative estimate of drug-likeness (QED) is 0.492. The van der Waals surface area contributed by atoms with Gasteiger partial charge in [-0.3, -0.25) is 9.59 Å². The van der Waals surface area contributed by atoms with Gasteiger partial charge in [-0.15, -0.1) is 11.8 Å². The van der Waals surface area contributed by atoms with Crippen LogP contribution in [0.2, 0.25) is 5.02 Å². The van der Waals surface area contributed by atoms with Crippen LogP contribution in [0, 0.1) is 25.7 Å². The summed E-state index contributed by atoms with van der Waals surface area (Å²) in [5.41, 5.74) is 0.558. The lowest BCUT2D eigenvalue weighted by molar-refractivity contribution is -0.125. The van der Waals surface area contributed by atoms with Crippen LogP contribution in [0.25, 0.3) is 0 Å². The van der Waals surface area contributed by atoms with Gasteiger partial charge in [-0.05, 0) is 76.9 Å². The summed E-state index contributed by atoms with van der Waals surface area (Å²) in [7, 11) is 0. The number of nitrogens with zero attached hydrogens (tertiary/aromatic N) is 1. The maximum Gasteiger partial charge on any atom is 0.254 e. The molecule has 1 aromatic heterocycles. The summed E-state index contributed by atoms with van der Waals surface area (Å²) in [6.45, 7) is 6.15. The summed E-state index contributed by atoms with van der Waals surface area (Å²) < 4.78 is 29.8. The zero-order valence-corrected chi connectivity index (χ0v) is 22.7. The van der Waals surface area contributed by atoms with Gasteiger partial charge in [-0.2, -0.15) is 0 Å². The average Bonchev–Trinajstić information content (AvgIpc) is 3.58. The molecule has 2 aromatic rings. The molecule has 194 valence electrons. The van der Waals surface area contributed by atoms with Crippen molar-refractivity contribution in [2.75, 3.05) is 25.9 Å². The summed E-state index contributed by atoms with van der Waals surface area (Å²) in [5, 5.41) is 2.62. The number of piperidine rings is 1. The smallest absolute Gasteiger partial charge is 0.254 e. The minimum atomic E-state index is -2.42. The lowest BCUT2D eigenvalue weighted by atomic mass is 9.89. The Bertz CT molecular complexity index is 1320. The van der Waals surface area contributed by atoms with E-state index >= 15 is 0 Å². The number of pyridine rings is 1. The van der Waals surface area contributed by atoms with Gasteiger partial charge in [0, 0.05) is 53.2 Å². The Morgan fingerprint density at radius 1 is 1.25 bits per heavy atom. The molecule has 36 heavy (non-hydrogen) atoms. The van der Waals surface area contributed by atoms with Gasteiger partial charge in [0.1, 0.15) is 0 Å². The number of fused-ring (bicyclic) bond motifs is 1. The predicted octanol–water partition coefficient (Wildman–Crippen LogP) is 4.91. The third kappa shape index (κ3) is 5.00. The van der Waals surface area contributed by atoms with Crippen LogP contribution >= 0.6 is 23.4 Å². The van der Waals surface area contributed by atoms with Crippen molar-refractivity contribution >= 4 is 29.3 Å². The number of H-pyrrole nitrogens is 1. The molecule has 9 heteroatoms. The number of aromatic nitrogens is 1. The second-order valence-electron chi connectivity index (χ2n) is 10.2. The van der Waals surface area contributed by atoms with Gasteiger partial charge in [0.2, 0.25) is 0 Å². The van der Waals surface area contributed by atoms with Crippen LogP contribution in [-0.2, 0) is 6.50 Å². The monoisotopic (exact) mass is 533 g/mol. The Labute approximate surface area is 224 Å². The van der Waals surface area contributed by atoms with Crippen LogP contribution in [0.1, 0.15) is 62.5 Å². The topological polar surface area (TPSA) is 83.7 Å². The molecule has 0 spiro atoms. The van der Waals surface area contributed by atoms with E-state index in [1.165, 1.54) is 37.2 Å². The largest absolute Gasteiger partial charge is 0.448 e. The van der Waals surface area contributed by atoms with E-state index in [2.05, 4.69) is 15.2 Å². The molecule has 0 radical (unpaired) electrons. The molecule has 1 aromatic carbocycles. The standard InChI is InChI=1S/C27H34ClN3O4S/c1-15-11-22(36-4)20(26(33)30-15)13-29-25(32)19-12-21(28)24-23(16(19)2)34-27(3,35-24)18-7-9-31(10-8-18)14-17-5-6-17/h11-12,17-18H,5-10,13-14H2,1-4H3,(H,29,32)(H,30,33)/i13D2. The Balaban J connectivity index is 1.35. The number of carbonyl (C=O) groups is 1. The third-order valence-electron chi connectivity index (χ3n) is 7.49. The molecule has 2 N–H and O–H groups in total. The first-order chi connectivity index (χ1) is 17.9. The fourth-order valence-electron chi connectivity index (χ4n) is 5.18. The van der Waals surface area contributed by atoms with E-state index in [-0.39, 0.29) is 22.1 Å². The van der Waals surface area contributed by atoms with Crippen molar-refractivity contribution in [3.8, 4) is 11.5 Å². The lowest BCUT2D eigenvalue weighted by Crippen LogP contribution is -2.48. The number of hydrogen-bond donors (Lipinski definition) is 2. The number of aryl methyl sites for hydroxylation is 1. The first kappa shape index (κ1) is 23.0. The van der Waals surface area contributed by atoms with Crippen molar-refractivity contribution in [3.05, 3.63) is 49.9 Å². The number of thioether (sulfide) groups is 1. The highest BCUT2D eigenvalue weighted by atomic mass is 35.5. The van der Waals surface area contributed by atoms with E-state index in [0.29, 0.717) is 27.7 Å². The first-order valence-electron chi connectivity index (χ1n) is 13.5. The average molecular weight is 534 g/mol. The van der Waals surface area contributed by atoms with Gasteiger partial charge in [-0.25, -0.2) is 0 Å². The van der Waals surface area contributed by atoms with Crippen molar-refractivity contribution in [2.45, 2.75) is 63.6 Å². The normalized spacial score (nSPS) is 23.4. The Hall–Kier alpha value is -2.16. The zero-order valence-electron chi connectivity index (χ0n) is 23.1. The summed E-state index contributed by atoms with van der Waals surface area (Å²) in [6, 6.07) is 3.16. The molecule has 1 amide bonds. The number of rotatable bonds is 7. The maximum atomic E-state index is 13.3. The van der Waals surface area contributed by atoms with Gasteiger partial charge in [0.15, 0.2) is 11.5 Å². The number of aromatic amines is 1. The molecular formula is C27H34ClN3O4S. The number of carbonyl (C=O) groups excluding carboxylic acids is 1. The van der Waals surface area contributed by atoms with E-state index in [1.54, 1.807) is 26.2 Å². The van der Waals surface area contributed by atoms with Crippen molar-refractivity contribution in [3.63, 3.8) is 0 Å². The van der Waals surface area contributed by atoms with Gasteiger partial charge in [0.25, 0.3) is 17.3 Å². The fourth-order valence-corrected chi connectivity index (χ4v) is 6.05. The summed E-state index contributed by atoms with van der Waals surface area (Å²) in [6.07, 6.45) is 6.34. The number of likely N-dealkylation sites (tertiary alicyclic amines) is 1. The van der Waals surface area contributed by atoms with Crippen molar-refractivity contribution < 1.29 is 17.0 Å². The first-order valence-corrected chi connectivity index (χ1v) is 14.1. The molecular weight excluding hydrogens is 498 g/mol. The van der Waals surface area contributed by atoms with Gasteiger partial charge >= 0.3 is 0 Å². The Kier molecular flexibility index (Phi) is 6.36. The molecule has 1 saturated heterocycles. The van der Waals surface area contributed by atoms with Crippen LogP contribution in [0.5, 0.6) is 11.5 Å². The zero-order chi connectivity index (χ0) is 27.4. The van der Waals surface area contributed by atoms with Crippen molar-refractivity contribution in [2.24, 2.45) is 11.8 Å². The van der Waals surface area contributed by atoms with Gasteiger partial charge < -0.3 is 24.7 Å². The van der Waals surface area contributed by atoms with Gasteiger partial charge in [0.05, 0.1) is 7.76 Å². The summed E-state index contributed by atoms with van der Waals surface area (Å²) in [4.78, 5) is 31.6. The molecule has 7 nitrogen and oxygen atoms in total. The minimum Gasteiger partial charge on any atom is -0.448 e. The predicted molar refractivity (Wildman–Crippen MR) is 142 cm³/mol. The second-order valence-corrected chi connectivity index (χ2v) is 11.5. The van der Waals surface area contributed by atoms with Crippen LogP contribution < -0.4 is 20.3 Å². The number of hydrogen-bond acceptors (Lipinski definition) is 6. The van der Waals surface area contributed by atoms with Crippen molar-refractivity contribution in [1.29, 1.82) is 0 Å². The van der Waals surface area contributed by atoms with E-state index in [1.807, 2.05) is 6.92 Å². The molecule has 1 unspecified atom stereocenters. The van der Waals surface area contributed by atoms with Gasteiger partial charge in [-0.1, -0.05) is 11.6 Å². The van der Waals surface area contributed by atoms with E-state index in [4.69, 9.17) is 23.8 Å². The highest BCUT2D eigenvalue weighted by Crippen LogP contribution is 2.51. The Morgan fingerprint density at radius 3 is 2.61 bits per heavy atom. The number of nitrogens with one attached hydrogen (secondary N) is 2. The highest BCUT2D eigenvalue weighted by molar-refractivity contribution is 7.98. The summed E-state index contributed by atoms with van der Waals surface area (Å²) >= 11 is 7.82. The van der Waals surface area contributed by atoms with Crippen LogP contribution in [-0.4, -0.2) is 47.5 Å². The molecule has 1 saturated carbocycles. The number of ether oxygens (including phenoxy) is 2. The van der Waals surface area contributed by atoms with Crippen molar-refractivity contribution in [1.82, 2.24) is 15.2 Å². The van der Waals surface area contributed by atoms with E-state index in [0.717, 1.165) is 31.8 Å². The highest BCUT2D eigenvalue weighted by Gasteiger charge is 2.47. The van der Waals surface area contributed by atoms with E-state index in [9.17, 15) is 9.59 Å². The molecule has 2 aliphatic heterocycles. The van der Waals surface area contributed by atoms with Crippen LogP contribution in [0.4, 0.5) is 0 Å². The minimum absolute atomic E-state index is 0.144. The fraction of sp³-hybridized carbons (Fsp3) is 0.556. The SMILES string of the molecule is [2H]C([2H])(NC(=O)c1cc(Cl)c2c(c1C)OC(C)(C1CCN(CC3CC3)CC1)O2)c1c(SC)cc(C)[nH]c1=O. The maximum absolute atomic E-state index is 13.3. The molecule has 3 aliphatic rings. The molecule has 2 fully saturated rings. The van der Waals surface area contributed by atoms with Crippen LogP contribution in [0.15, 0.2) is 21.8 Å². The van der Waals surface area contributed by atoms with E-state index < -0.39 is 23.8 Å². The third-order valence-corrected chi connectivity index (χ3v) is 8.53. The number of amides is 1. The second kappa shape index (κ2) is 9.95. The lowest BCUT2D eigenvalue weighted by Gasteiger charge is -2.38.